The Bertz CT molecular complexity index is 915. The monoisotopic (exact) mass is 431 g/mol. The molecule has 8 heteroatoms. The highest BCUT2D eigenvalue weighted by Gasteiger charge is 2.37. The fourth-order valence-corrected chi connectivity index (χ4v) is 4.78. The van der Waals surface area contributed by atoms with E-state index in [0.717, 1.165) is 24.8 Å². The highest BCUT2D eigenvalue weighted by atomic mass is 32.1. The number of urea groups is 1. The van der Waals surface area contributed by atoms with Gasteiger partial charge in [-0.1, -0.05) is 6.07 Å². The predicted octanol–water partition coefficient (Wildman–Crippen LogP) is 3.59. The molecule has 1 atom stereocenters. The lowest BCUT2D eigenvalue weighted by atomic mass is 10.0. The molecule has 0 bridgehead atoms. The number of carbonyl (C=O) groups excluding carboxylic acids is 2. The van der Waals surface area contributed by atoms with E-state index in [1.165, 1.54) is 17.0 Å². The van der Waals surface area contributed by atoms with Crippen molar-refractivity contribution in [1.82, 2.24) is 15.1 Å². The molecule has 0 saturated heterocycles. The highest BCUT2D eigenvalue weighted by molar-refractivity contribution is 7.10. The number of hydrogen-bond donors (Lipinski definition) is 1. The van der Waals surface area contributed by atoms with Gasteiger partial charge in [0.05, 0.1) is 6.04 Å². The smallest absolute Gasteiger partial charge is 0.318 e. The number of carbonyl (C=O) groups is 2. The Hall–Kier alpha value is -2.61. The van der Waals surface area contributed by atoms with Gasteiger partial charge in [-0.15, -0.1) is 11.3 Å². The van der Waals surface area contributed by atoms with Crippen LogP contribution in [0, 0.1) is 5.82 Å². The van der Waals surface area contributed by atoms with Crippen LogP contribution in [0.2, 0.25) is 0 Å². The van der Waals surface area contributed by atoms with Crippen LogP contribution < -0.4 is 10.1 Å². The van der Waals surface area contributed by atoms with E-state index in [-0.39, 0.29) is 43.0 Å². The number of ether oxygens (including phenoxy) is 1. The number of halogens is 1. The van der Waals surface area contributed by atoms with Crippen LogP contribution in [0.4, 0.5) is 9.18 Å². The Balaban J connectivity index is 1.50. The minimum Gasteiger partial charge on any atom is -0.491 e. The average molecular weight is 432 g/mol. The summed E-state index contributed by atoms with van der Waals surface area (Å²) in [6, 6.07) is 7.74. The summed E-state index contributed by atoms with van der Waals surface area (Å²) in [6.45, 7) is 3.28. The average Bonchev–Trinajstić information content (AvgIpc) is 3.46. The third-order valence-electron chi connectivity index (χ3n) is 5.50. The van der Waals surface area contributed by atoms with Crippen molar-refractivity contribution in [2.24, 2.45) is 0 Å². The summed E-state index contributed by atoms with van der Waals surface area (Å²) in [6.07, 6.45) is 2.66. The summed E-state index contributed by atoms with van der Waals surface area (Å²) in [5, 5.41) is 4.83. The molecule has 1 saturated carbocycles. The minimum absolute atomic E-state index is 0.0619. The summed E-state index contributed by atoms with van der Waals surface area (Å²) < 4.78 is 19.4. The van der Waals surface area contributed by atoms with Crippen LogP contribution in [0.15, 0.2) is 35.7 Å². The molecule has 160 valence electrons. The van der Waals surface area contributed by atoms with Gasteiger partial charge >= 0.3 is 6.03 Å². The molecule has 2 aliphatic rings. The molecule has 2 heterocycles. The van der Waals surface area contributed by atoms with E-state index < -0.39 is 0 Å². The molecule has 4 rings (SSSR count). The fourth-order valence-electron chi connectivity index (χ4n) is 3.85. The van der Waals surface area contributed by atoms with E-state index in [2.05, 4.69) is 5.32 Å². The number of fused-ring (bicyclic) bond motifs is 1. The van der Waals surface area contributed by atoms with Gasteiger partial charge < -0.3 is 19.9 Å². The number of benzene rings is 1. The third kappa shape index (κ3) is 4.59. The zero-order chi connectivity index (χ0) is 21.1. The summed E-state index contributed by atoms with van der Waals surface area (Å²) in [4.78, 5) is 30.4. The molecule has 0 spiro atoms. The molecule has 3 amide bonds. The maximum Gasteiger partial charge on any atom is 0.318 e. The zero-order valence-electron chi connectivity index (χ0n) is 17.0. The van der Waals surface area contributed by atoms with Gasteiger partial charge in [-0.2, -0.15) is 0 Å². The van der Waals surface area contributed by atoms with E-state index in [1.807, 2.05) is 23.3 Å². The second-order valence-corrected chi connectivity index (χ2v) is 8.62. The Morgan fingerprint density at radius 2 is 2.17 bits per heavy atom. The summed E-state index contributed by atoms with van der Waals surface area (Å²) >= 11 is 1.68. The molecular formula is C22H26FN3O3S. The topological polar surface area (TPSA) is 61.9 Å². The lowest BCUT2D eigenvalue weighted by Crippen LogP contribution is -2.50. The number of thiophene rings is 1. The number of rotatable bonds is 7. The van der Waals surface area contributed by atoms with E-state index in [0.29, 0.717) is 18.8 Å². The van der Waals surface area contributed by atoms with Gasteiger partial charge in [0, 0.05) is 30.1 Å². The van der Waals surface area contributed by atoms with E-state index >= 15 is 0 Å². The predicted molar refractivity (Wildman–Crippen MR) is 113 cm³/mol. The van der Waals surface area contributed by atoms with Crippen LogP contribution in [0.3, 0.4) is 0 Å². The lowest BCUT2D eigenvalue weighted by molar-refractivity contribution is -0.135. The third-order valence-corrected chi connectivity index (χ3v) is 6.50. The van der Waals surface area contributed by atoms with Crippen LogP contribution in [-0.2, 0) is 11.2 Å². The molecule has 2 aromatic rings. The van der Waals surface area contributed by atoms with Crippen molar-refractivity contribution in [3.63, 3.8) is 0 Å². The number of nitrogens with one attached hydrogen (secondary N) is 1. The van der Waals surface area contributed by atoms with Gasteiger partial charge in [-0.3, -0.25) is 4.79 Å². The Kier molecular flexibility index (Phi) is 6.22. The first-order valence-corrected chi connectivity index (χ1v) is 11.2. The van der Waals surface area contributed by atoms with Crippen LogP contribution in [0.1, 0.15) is 36.2 Å². The molecular weight excluding hydrogens is 405 g/mol. The quantitative estimate of drug-likeness (QED) is 0.729. The van der Waals surface area contributed by atoms with Gasteiger partial charge in [0.25, 0.3) is 0 Å². The van der Waals surface area contributed by atoms with Gasteiger partial charge in [-0.25, -0.2) is 9.18 Å². The lowest BCUT2D eigenvalue weighted by Gasteiger charge is -2.37. The summed E-state index contributed by atoms with van der Waals surface area (Å²) in [5.74, 6) is -0.00756. The van der Waals surface area contributed by atoms with Crippen molar-refractivity contribution in [3.05, 3.63) is 52.0 Å². The molecule has 1 aliphatic carbocycles. The molecule has 1 N–H and O–H groups in total. The molecule has 1 aromatic carbocycles. The van der Waals surface area contributed by atoms with Crippen LogP contribution >= 0.6 is 11.3 Å². The van der Waals surface area contributed by atoms with Gasteiger partial charge in [-0.05, 0) is 55.3 Å². The number of hydrogen-bond acceptors (Lipinski definition) is 4. The maximum absolute atomic E-state index is 13.5. The SMILES string of the molecule is CCNC(=O)N(CC(=O)N1CCc2sccc2C1COc1cccc(F)c1)C1CC1. The first-order chi connectivity index (χ1) is 14.6. The zero-order valence-corrected chi connectivity index (χ0v) is 17.8. The first-order valence-electron chi connectivity index (χ1n) is 10.4. The van der Waals surface area contributed by atoms with Crippen molar-refractivity contribution in [2.45, 2.75) is 38.3 Å². The number of nitrogens with zero attached hydrogens (tertiary/aromatic N) is 2. The largest absolute Gasteiger partial charge is 0.491 e. The molecule has 0 radical (unpaired) electrons. The van der Waals surface area contributed by atoms with Crippen molar-refractivity contribution >= 4 is 23.3 Å². The van der Waals surface area contributed by atoms with Crippen molar-refractivity contribution < 1.29 is 18.7 Å². The Morgan fingerprint density at radius 3 is 2.90 bits per heavy atom. The first kappa shape index (κ1) is 20.7. The summed E-state index contributed by atoms with van der Waals surface area (Å²) in [7, 11) is 0. The van der Waals surface area contributed by atoms with Gasteiger partial charge in [0.2, 0.25) is 5.91 Å². The van der Waals surface area contributed by atoms with E-state index in [1.54, 1.807) is 28.4 Å². The molecule has 6 nitrogen and oxygen atoms in total. The minimum atomic E-state index is -0.359. The normalized spacial score (nSPS) is 17.9. The fraction of sp³-hybridized carbons (Fsp3) is 0.455. The van der Waals surface area contributed by atoms with Gasteiger partial charge in [0.15, 0.2) is 0 Å². The second kappa shape index (κ2) is 9.04. The molecule has 1 unspecified atom stereocenters. The Morgan fingerprint density at radius 1 is 1.33 bits per heavy atom. The molecule has 30 heavy (non-hydrogen) atoms. The summed E-state index contributed by atoms with van der Waals surface area (Å²) in [5.41, 5.74) is 1.08. The van der Waals surface area contributed by atoms with Crippen molar-refractivity contribution in [3.8, 4) is 5.75 Å². The van der Waals surface area contributed by atoms with E-state index in [9.17, 15) is 14.0 Å². The number of amides is 3. The van der Waals surface area contributed by atoms with E-state index in [4.69, 9.17) is 4.74 Å². The standard InChI is InChI=1S/C22H26FN3O3S/c1-2-24-22(28)26(16-6-7-16)13-21(27)25-10-8-20-18(9-11-30-20)19(25)14-29-17-5-3-4-15(23)12-17/h3-5,9,11-12,16,19H,2,6-8,10,13-14H2,1H3,(H,24,28). The molecule has 1 fully saturated rings. The van der Waals surface area contributed by atoms with Crippen molar-refractivity contribution in [1.29, 1.82) is 0 Å². The second-order valence-electron chi connectivity index (χ2n) is 7.61. The van der Waals surface area contributed by atoms with Crippen molar-refractivity contribution in [2.75, 3.05) is 26.2 Å². The molecule has 1 aromatic heterocycles. The van der Waals surface area contributed by atoms with Crippen LogP contribution in [-0.4, -0.2) is 54.0 Å². The highest BCUT2D eigenvalue weighted by Crippen LogP contribution is 2.34. The Labute approximate surface area is 179 Å². The molecule has 1 aliphatic heterocycles. The van der Waals surface area contributed by atoms with Gasteiger partial charge in [0.1, 0.15) is 24.7 Å². The van der Waals surface area contributed by atoms with Crippen LogP contribution in [0.5, 0.6) is 5.75 Å². The maximum atomic E-state index is 13.5. The van der Waals surface area contributed by atoms with Crippen LogP contribution in [0.25, 0.3) is 0 Å².